The van der Waals surface area contributed by atoms with Gasteiger partial charge >= 0.3 is 0 Å². The van der Waals surface area contributed by atoms with Crippen LogP contribution in [0, 0.1) is 0 Å². The number of nitrogens with zero attached hydrogens (tertiary/aromatic N) is 3. The van der Waals surface area contributed by atoms with Crippen molar-refractivity contribution in [1.82, 2.24) is 9.97 Å². The molecule has 3 aliphatic heterocycles. The van der Waals surface area contributed by atoms with Crippen molar-refractivity contribution in [3.63, 3.8) is 0 Å². The highest BCUT2D eigenvalue weighted by Crippen LogP contribution is 2.35. The van der Waals surface area contributed by atoms with Gasteiger partial charge in [-0.1, -0.05) is 18.2 Å². The maximum Gasteiger partial charge on any atom is 0.129 e. The Hall–Kier alpha value is -2.53. The second kappa shape index (κ2) is 4.99. The molecule has 0 radical (unpaired) electrons. The minimum Gasteiger partial charge on any atom is -0.372 e. The number of fused-ring (bicyclic) bond motifs is 4. The number of para-hydroxylation sites is 1. The summed E-state index contributed by atoms with van der Waals surface area (Å²) in [5.41, 5.74) is 5.27. The van der Waals surface area contributed by atoms with Gasteiger partial charge in [0.25, 0.3) is 0 Å². The van der Waals surface area contributed by atoms with Crippen LogP contribution in [0.15, 0.2) is 42.6 Å². The number of hydrogen-bond donors (Lipinski definition) is 1. The molecule has 5 heterocycles. The highest BCUT2D eigenvalue weighted by atomic mass is 16.5. The molecule has 0 spiro atoms. The Kier molecular flexibility index (Phi) is 2.74. The van der Waals surface area contributed by atoms with E-state index in [1.165, 1.54) is 27.8 Å². The molecule has 0 amide bonds. The maximum absolute atomic E-state index is 5.48. The lowest BCUT2D eigenvalue weighted by Crippen LogP contribution is -2.71. The third-order valence-electron chi connectivity index (χ3n) is 5.96. The monoisotopic (exact) mass is 332 g/mol. The van der Waals surface area contributed by atoms with E-state index in [4.69, 9.17) is 9.72 Å². The first kappa shape index (κ1) is 13.7. The van der Waals surface area contributed by atoms with Crippen LogP contribution in [0.1, 0.15) is 11.3 Å². The Balaban J connectivity index is 1.25. The Morgan fingerprint density at radius 1 is 1.16 bits per heavy atom. The van der Waals surface area contributed by atoms with Crippen molar-refractivity contribution < 1.29 is 4.74 Å². The number of anilines is 2. The molecule has 2 aromatic heterocycles. The molecule has 1 N–H and O–H groups in total. The summed E-state index contributed by atoms with van der Waals surface area (Å²) >= 11 is 0. The van der Waals surface area contributed by atoms with Crippen LogP contribution < -0.4 is 9.80 Å². The summed E-state index contributed by atoms with van der Waals surface area (Å²) in [4.78, 5) is 13.1. The van der Waals surface area contributed by atoms with Crippen LogP contribution in [0.25, 0.3) is 10.9 Å². The first-order chi connectivity index (χ1) is 12.4. The van der Waals surface area contributed by atoms with Gasteiger partial charge in [-0.15, -0.1) is 0 Å². The minimum absolute atomic E-state index is 0.448. The minimum atomic E-state index is 0.448. The number of aromatic amines is 1. The number of pyridine rings is 1. The van der Waals surface area contributed by atoms with Gasteiger partial charge in [0.2, 0.25) is 0 Å². The van der Waals surface area contributed by atoms with E-state index in [9.17, 15) is 0 Å². The van der Waals surface area contributed by atoms with Gasteiger partial charge < -0.3 is 19.5 Å². The molecule has 1 aromatic carbocycles. The summed E-state index contributed by atoms with van der Waals surface area (Å²) in [6.07, 6.45) is 3.55. The highest BCUT2D eigenvalue weighted by Gasteiger charge is 2.47. The SMILES string of the molecule is c1ccc2c3c([nH]c2c1)CN(c1ccc(N2CC4OC[C@@H]42)nc1)CC3. The third-order valence-corrected chi connectivity index (χ3v) is 5.96. The molecule has 2 atom stereocenters. The van der Waals surface area contributed by atoms with Gasteiger partial charge in [-0.25, -0.2) is 4.98 Å². The van der Waals surface area contributed by atoms with Crippen LogP contribution in [0.5, 0.6) is 0 Å². The lowest BCUT2D eigenvalue weighted by Gasteiger charge is -2.55. The molecule has 2 fully saturated rings. The number of aromatic nitrogens is 2. The van der Waals surface area contributed by atoms with Gasteiger partial charge in [0, 0.05) is 29.7 Å². The highest BCUT2D eigenvalue weighted by molar-refractivity contribution is 5.85. The van der Waals surface area contributed by atoms with E-state index >= 15 is 0 Å². The summed E-state index contributed by atoms with van der Waals surface area (Å²) in [6.45, 7) is 3.80. The topological polar surface area (TPSA) is 44.4 Å². The normalized spacial score (nSPS) is 24.5. The molecule has 5 nitrogen and oxygen atoms in total. The fourth-order valence-corrected chi connectivity index (χ4v) is 4.39. The van der Waals surface area contributed by atoms with E-state index in [1.807, 2.05) is 6.20 Å². The molecule has 1 unspecified atom stereocenters. The van der Waals surface area contributed by atoms with Gasteiger partial charge in [-0.3, -0.25) is 0 Å². The second-order valence-electron chi connectivity index (χ2n) is 7.27. The van der Waals surface area contributed by atoms with Gasteiger partial charge in [-0.05, 0) is 30.2 Å². The standard InChI is InChI=1S/C20H20N4O/c1-2-4-16-14(3-1)15-7-8-23(10-17(15)22-16)13-5-6-20(21-9-13)24-11-19-18(24)12-25-19/h1-6,9,18-19,22H,7-8,10-12H2/t18-,19?/m0/s1. The molecule has 5 heteroatoms. The Bertz CT molecular complexity index is 948. The number of H-pyrrole nitrogens is 1. The summed E-state index contributed by atoms with van der Waals surface area (Å²) in [7, 11) is 0. The van der Waals surface area contributed by atoms with Gasteiger partial charge in [0.05, 0.1) is 37.2 Å². The van der Waals surface area contributed by atoms with E-state index in [-0.39, 0.29) is 0 Å². The lowest BCUT2D eigenvalue weighted by atomic mass is 9.95. The molecular formula is C20H20N4O. The first-order valence-corrected chi connectivity index (χ1v) is 9.04. The lowest BCUT2D eigenvalue weighted by molar-refractivity contribution is -0.113. The Morgan fingerprint density at radius 2 is 2.12 bits per heavy atom. The van der Waals surface area contributed by atoms with Crippen LogP contribution in [-0.4, -0.2) is 41.8 Å². The van der Waals surface area contributed by atoms with Crippen molar-refractivity contribution in [3.8, 4) is 0 Å². The fourth-order valence-electron chi connectivity index (χ4n) is 4.39. The van der Waals surface area contributed by atoms with E-state index in [0.29, 0.717) is 12.1 Å². The molecule has 0 bridgehead atoms. The van der Waals surface area contributed by atoms with Crippen molar-refractivity contribution in [2.45, 2.75) is 25.1 Å². The Morgan fingerprint density at radius 3 is 2.88 bits per heavy atom. The third kappa shape index (κ3) is 1.96. The van der Waals surface area contributed by atoms with Crippen LogP contribution >= 0.6 is 0 Å². The second-order valence-corrected chi connectivity index (χ2v) is 7.27. The number of morpholine rings is 1. The first-order valence-electron chi connectivity index (χ1n) is 9.04. The summed E-state index contributed by atoms with van der Waals surface area (Å²) in [5, 5.41) is 1.38. The van der Waals surface area contributed by atoms with Crippen LogP contribution in [0.3, 0.4) is 0 Å². The largest absolute Gasteiger partial charge is 0.372 e. The van der Waals surface area contributed by atoms with Crippen molar-refractivity contribution in [2.24, 2.45) is 0 Å². The molecule has 0 saturated carbocycles. The van der Waals surface area contributed by atoms with Gasteiger partial charge in [-0.2, -0.15) is 0 Å². The zero-order valence-corrected chi connectivity index (χ0v) is 14.0. The molecule has 3 aliphatic rings. The zero-order chi connectivity index (χ0) is 16.4. The molecule has 0 aliphatic carbocycles. The van der Waals surface area contributed by atoms with E-state index in [1.54, 1.807) is 0 Å². The average Bonchev–Trinajstić information content (AvgIpc) is 3.02. The van der Waals surface area contributed by atoms with Gasteiger partial charge in [0.1, 0.15) is 5.82 Å². The van der Waals surface area contributed by atoms with E-state index in [0.717, 1.165) is 38.5 Å². The summed E-state index contributed by atoms with van der Waals surface area (Å²) in [5.74, 6) is 1.08. The number of rotatable bonds is 2. The molecular weight excluding hydrogens is 312 g/mol. The number of hydrogen-bond acceptors (Lipinski definition) is 4. The maximum atomic E-state index is 5.48. The molecule has 126 valence electrons. The molecule has 2 saturated heterocycles. The van der Waals surface area contributed by atoms with Crippen LogP contribution in [0.4, 0.5) is 11.5 Å². The smallest absolute Gasteiger partial charge is 0.129 e. The fraction of sp³-hybridized carbons (Fsp3) is 0.350. The average molecular weight is 332 g/mol. The van der Waals surface area contributed by atoms with Crippen molar-refractivity contribution >= 4 is 22.4 Å². The quantitative estimate of drug-likeness (QED) is 0.784. The van der Waals surface area contributed by atoms with Crippen molar-refractivity contribution in [3.05, 3.63) is 53.9 Å². The predicted molar refractivity (Wildman–Crippen MR) is 98.2 cm³/mol. The van der Waals surface area contributed by atoms with E-state index < -0.39 is 0 Å². The number of benzene rings is 1. The van der Waals surface area contributed by atoms with Crippen LogP contribution in [0.2, 0.25) is 0 Å². The molecule has 6 rings (SSSR count). The summed E-state index contributed by atoms with van der Waals surface area (Å²) < 4.78 is 5.48. The Labute approximate surface area is 146 Å². The van der Waals surface area contributed by atoms with Crippen molar-refractivity contribution in [1.29, 1.82) is 0 Å². The number of nitrogens with one attached hydrogen (secondary N) is 1. The predicted octanol–water partition coefficient (Wildman–Crippen LogP) is 2.71. The summed E-state index contributed by atoms with van der Waals surface area (Å²) in [6, 6.07) is 13.5. The number of ether oxygens (including phenoxy) is 1. The van der Waals surface area contributed by atoms with Crippen molar-refractivity contribution in [2.75, 3.05) is 29.5 Å². The van der Waals surface area contributed by atoms with Crippen LogP contribution in [-0.2, 0) is 17.7 Å². The van der Waals surface area contributed by atoms with E-state index in [2.05, 4.69) is 51.2 Å². The molecule has 25 heavy (non-hydrogen) atoms. The molecule has 3 aromatic rings. The van der Waals surface area contributed by atoms with Gasteiger partial charge in [0.15, 0.2) is 0 Å². The zero-order valence-electron chi connectivity index (χ0n) is 14.0.